The Hall–Kier alpha value is -0.450. The number of rotatable bonds is 2. The second-order valence-corrected chi connectivity index (χ2v) is 3.42. The SMILES string of the molecule is COc1cccc(I=O)c1. The number of hydrogen-bond acceptors (Lipinski definition) is 2. The van der Waals surface area contributed by atoms with Gasteiger partial charge >= 0.3 is 0 Å². The molecule has 0 heterocycles. The van der Waals surface area contributed by atoms with Crippen LogP contribution in [-0.4, -0.2) is 7.11 Å². The molecule has 10 heavy (non-hydrogen) atoms. The quantitative estimate of drug-likeness (QED) is 0.752. The largest absolute Gasteiger partial charge is 0.497 e. The van der Waals surface area contributed by atoms with Crippen LogP contribution in [0.3, 0.4) is 0 Å². The zero-order valence-corrected chi connectivity index (χ0v) is 7.66. The van der Waals surface area contributed by atoms with Gasteiger partial charge in [0.05, 0.1) is 10.7 Å². The average Bonchev–Trinajstić information content (AvgIpc) is 2.05. The van der Waals surface area contributed by atoms with Crippen LogP contribution >= 0.6 is 21.2 Å². The van der Waals surface area contributed by atoms with E-state index in [1.54, 1.807) is 13.2 Å². The van der Waals surface area contributed by atoms with Crippen molar-refractivity contribution in [3.8, 4) is 5.75 Å². The van der Waals surface area contributed by atoms with Crippen molar-refractivity contribution >= 4 is 21.2 Å². The maximum absolute atomic E-state index is 10.5. The highest BCUT2D eigenvalue weighted by Crippen LogP contribution is 2.16. The van der Waals surface area contributed by atoms with E-state index in [0.717, 1.165) is 9.32 Å². The zero-order valence-electron chi connectivity index (χ0n) is 5.50. The molecular weight excluding hydrogens is 243 g/mol. The molecule has 0 saturated heterocycles. The van der Waals surface area contributed by atoms with E-state index in [0.29, 0.717) is 0 Å². The molecule has 1 rings (SSSR count). The van der Waals surface area contributed by atoms with Crippen LogP contribution in [0.2, 0.25) is 0 Å². The number of ether oxygens (including phenoxy) is 1. The van der Waals surface area contributed by atoms with Gasteiger partial charge in [0.15, 0.2) is 21.2 Å². The summed E-state index contributed by atoms with van der Waals surface area (Å²) in [6.07, 6.45) is 0. The van der Waals surface area contributed by atoms with Gasteiger partial charge in [-0.1, -0.05) is 6.07 Å². The van der Waals surface area contributed by atoms with Gasteiger partial charge in [0.1, 0.15) is 5.75 Å². The van der Waals surface area contributed by atoms with Crippen LogP contribution in [-0.2, 0) is 3.07 Å². The smallest absolute Gasteiger partial charge is 0.182 e. The van der Waals surface area contributed by atoms with Gasteiger partial charge < -0.3 is 4.74 Å². The molecule has 0 amide bonds. The van der Waals surface area contributed by atoms with Crippen LogP contribution in [0.5, 0.6) is 5.75 Å². The van der Waals surface area contributed by atoms with Gasteiger partial charge in [0, 0.05) is 0 Å². The third kappa shape index (κ3) is 1.76. The molecule has 0 saturated carbocycles. The minimum atomic E-state index is -1.04. The summed E-state index contributed by atoms with van der Waals surface area (Å²) < 4.78 is 16.3. The lowest BCUT2D eigenvalue weighted by Crippen LogP contribution is -1.81. The summed E-state index contributed by atoms with van der Waals surface area (Å²) in [4.78, 5) is 0. The zero-order chi connectivity index (χ0) is 7.40. The maximum atomic E-state index is 10.5. The second-order valence-electron chi connectivity index (χ2n) is 1.74. The van der Waals surface area contributed by atoms with Crippen LogP contribution in [0.4, 0.5) is 0 Å². The molecule has 0 bridgehead atoms. The molecule has 0 radical (unpaired) electrons. The fourth-order valence-corrected chi connectivity index (χ4v) is 1.43. The highest BCUT2D eigenvalue weighted by atomic mass is 127. The van der Waals surface area contributed by atoms with Crippen molar-refractivity contribution in [3.05, 3.63) is 27.8 Å². The Morgan fingerprint density at radius 1 is 1.50 bits per heavy atom. The standard InChI is InChI=1S/C7H7IO2/c1-10-7-4-2-3-6(5-7)8-9/h2-5H,1H3. The lowest BCUT2D eigenvalue weighted by molar-refractivity contribution is 0.414. The number of hydrogen-bond donors (Lipinski definition) is 0. The molecule has 0 aliphatic carbocycles. The lowest BCUT2D eigenvalue weighted by atomic mass is 10.3. The molecular formula is C7H7IO2. The average molecular weight is 250 g/mol. The third-order valence-corrected chi connectivity index (χ3v) is 2.30. The Kier molecular flexibility index (Phi) is 2.80. The predicted molar refractivity (Wildman–Crippen MR) is 46.4 cm³/mol. The predicted octanol–water partition coefficient (Wildman–Crippen LogP) is 2.18. The summed E-state index contributed by atoms with van der Waals surface area (Å²) >= 11 is -1.04. The minimum Gasteiger partial charge on any atom is -0.497 e. The van der Waals surface area contributed by atoms with Gasteiger partial charge in [-0.15, -0.1) is 0 Å². The van der Waals surface area contributed by atoms with E-state index in [-0.39, 0.29) is 0 Å². The van der Waals surface area contributed by atoms with Crippen molar-refractivity contribution in [2.24, 2.45) is 0 Å². The summed E-state index contributed by atoms with van der Waals surface area (Å²) in [7, 11) is 1.60. The molecule has 1 aromatic rings. The molecule has 0 aliphatic heterocycles. The van der Waals surface area contributed by atoms with E-state index >= 15 is 0 Å². The Balaban J connectivity index is 2.98. The van der Waals surface area contributed by atoms with E-state index < -0.39 is 21.2 Å². The van der Waals surface area contributed by atoms with Crippen molar-refractivity contribution < 1.29 is 7.81 Å². The normalized spacial score (nSPS) is 9.30. The van der Waals surface area contributed by atoms with Crippen LogP contribution in [0, 0.1) is 3.57 Å². The molecule has 0 N–H and O–H groups in total. The van der Waals surface area contributed by atoms with Crippen LogP contribution in [0.1, 0.15) is 0 Å². The van der Waals surface area contributed by atoms with Gasteiger partial charge in [-0.3, -0.25) is 3.07 Å². The molecule has 0 aliphatic rings. The number of methoxy groups -OCH3 is 1. The number of benzene rings is 1. The Morgan fingerprint density at radius 2 is 2.30 bits per heavy atom. The summed E-state index contributed by atoms with van der Waals surface area (Å²) in [6, 6.07) is 7.30. The molecule has 0 atom stereocenters. The first kappa shape index (κ1) is 7.65. The first-order chi connectivity index (χ1) is 4.86. The Labute approximate surface area is 69.8 Å². The Morgan fingerprint density at radius 3 is 2.90 bits per heavy atom. The fourth-order valence-electron chi connectivity index (χ4n) is 0.642. The van der Waals surface area contributed by atoms with Gasteiger partial charge in [-0.2, -0.15) is 0 Å². The second kappa shape index (κ2) is 3.65. The molecule has 0 aromatic heterocycles. The van der Waals surface area contributed by atoms with Crippen LogP contribution in [0.15, 0.2) is 24.3 Å². The minimum absolute atomic E-state index is 0.771. The van der Waals surface area contributed by atoms with Gasteiger partial charge in [0.2, 0.25) is 0 Å². The third-order valence-electron chi connectivity index (χ3n) is 1.12. The maximum Gasteiger partial charge on any atom is 0.182 e. The van der Waals surface area contributed by atoms with Crippen molar-refractivity contribution in [3.63, 3.8) is 0 Å². The summed E-state index contributed by atoms with van der Waals surface area (Å²) in [6.45, 7) is 0. The van der Waals surface area contributed by atoms with Gasteiger partial charge in [-0.05, 0) is 18.2 Å². The molecule has 0 unspecified atom stereocenters. The molecule has 3 heteroatoms. The monoisotopic (exact) mass is 250 g/mol. The highest BCUT2D eigenvalue weighted by Gasteiger charge is 1.92. The summed E-state index contributed by atoms with van der Waals surface area (Å²) in [5, 5.41) is 0. The topological polar surface area (TPSA) is 26.3 Å². The molecule has 0 fully saturated rings. The summed E-state index contributed by atoms with van der Waals surface area (Å²) in [5.41, 5.74) is 0. The Bertz CT molecular complexity index is 235. The van der Waals surface area contributed by atoms with E-state index in [4.69, 9.17) is 4.74 Å². The van der Waals surface area contributed by atoms with Crippen molar-refractivity contribution in [2.45, 2.75) is 0 Å². The first-order valence-electron chi connectivity index (χ1n) is 2.78. The number of halogens is 1. The first-order valence-corrected chi connectivity index (χ1v) is 4.74. The van der Waals surface area contributed by atoms with Crippen molar-refractivity contribution in [2.75, 3.05) is 7.11 Å². The lowest BCUT2D eigenvalue weighted by Gasteiger charge is -1.96. The molecule has 54 valence electrons. The van der Waals surface area contributed by atoms with Gasteiger partial charge in [-0.25, -0.2) is 0 Å². The van der Waals surface area contributed by atoms with Crippen molar-refractivity contribution in [1.82, 2.24) is 0 Å². The van der Waals surface area contributed by atoms with Gasteiger partial charge in [0.25, 0.3) is 0 Å². The van der Waals surface area contributed by atoms with E-state index in [1.807, 2.05) is 18.2 Å². The highest BCUT2D eigenvalue weighted by molar-refractivity contribution is 14.1. The van der Waals surface area contributed by atoms with E-state index in [9.17, 15) is 3.07 Å². The van der Waals surface area contributed by atoms with Crippen molar-refractivity contribution in [1.29, 1.82) is 0 Å². The molecule has 2 nitrogen and oxygen atoms in total. The summed E-state index contributed by atoms with van der Waals surface area (Å²) in [5.74, 6) is 0.771. The fraction of sp³-hybridized carbons (Fsp3) is 0.143. The van der Waals surface area contributed by atoms with E-state index in [1.165, 1.54) is 0 Å². The van der Waals surface area contributed by atoms with Crippen LogP contribution in [0.25, 0.3) is 0 Å². The molecule has 1 aromatic carbocycles. The van der Waals surface area contributed by atoms with E-state index in [2.05, 4.69) is 0 Å². The van der Waals surface area contributed by atoms with Crippen LogP contribution < -0.4 is 4.74 Å². The molecule has 0 spiro atoms.